The predicted molar refractivity (Wildman–Crippen MR) is 39.9 cm³/mol. The molecule has 5 nitrogen and oxygen atoms in total. The molecule has 0 bridgehead atoms. The number of carbonyl (C=O) groups is 1. The molecule has 5 heteroatoms. The van der Waals surface area contributed by atoms with Gasteiger partial charge in [-0.3, -0.25) is 4.79 Å². The SMILES string of the molecule is CC[C@@H](CC(=O)OC)N=[N+]=[N-]. The molecule has 0 radical (unpaired) electrons. The van der Waals surface area contributed by atoms with Crippen molar-refractivity contribution in [1.82, 2.24) is 0 Å². The summed E-state index contributed by atoms with van der Waals surface area (Å²) in [4.78, 5) is 13.3. The lowest BCUT2D eigenvalue weighted by Crippen LogP contribution is -2.11. The number of rotatable bonds is 4. The second kappa shape index (κ2) is 5.56. The Morgan fingerprint density at radius 3 is 2.82 bits per heavy atom. The zero-order valence-electron chi connectivity index (χ0n) is 6.65. The highest BCUT2D eigenvalue weighted by atomic mass is 16.5. The van der Waals surface area contributed by atoms with Gasteiger partial charge in [0.15, 0.2) is 0 Å². The van der Waals surface area contributed by atoms with E-state index in [1.54, 1.807) is 0 Å². The van der Waals surface area contributed by atoms with E-state index in [1.807, 2.05) is 6.92 Å². The molecule has 0 saturated heterocycles. The molecular weight excluding hydrogens is 146 g/mol. The Morgan fingerprint density at radius 2 is 2.45 bits per heavy atom. The minimum Gasteiger partial charge on any atom is -0.469 e. The Hall–Kier alpha value is -1.22. The topological polar surface area (TPSA) is 75.1 Å². The molecule has 0 unspecified atom stereocenters. The third-order valence-electron chi connectivity index (χ3n) is 1.32. The number of azide groups is 1. The molecule has 0 heterocycles. The average Bonchev–Trinajstić information content (AvgIpc) is 2.03. The molecule has 0 saturated carbocycles. The first-order valence-corrected chi connectivity index (χ1v) is 3.35. The number of nitrogens with zero attached hydrogens (tertiary/aromatic N) is 3. The summed E-state index contributed by atoms with van der Waals surface area (Å²) in [6.45, 7) is 1.85. The fraction of sp³-hybridized carbons (Fsp3) is 0.833. The minimum atomic E-state index is -0.343. The summed E-state index contributed by atoms with van der Waals surface area (Å²) in [5.41, 5.74) is 8.06. The molecular formula is C6H11N3O2. The zero-order valence-corrected chi connectivity index (χ0v) is 6.65. The lowest BCUT2D eigenvalue weighted by molar-refractivity contribution is -0.141. The highest BCUT2D eigenvalue weighted by molar-refractivity contribution is 5.69. The van der Waals surface area contributed by atoms with Crippen LogP contribution < -0.4 is 0 Å². The fourth-order valence-corrected chi connectivity index (χ4v) is 0.616. The summed E-state index contributed by atoms with van der Waals surface area (Å²) in [5.74, 6) is -0.343. The number of hydrogen-bond donors (Lipinski definition) is 0. The highest BCUT2D eigenvalue weighted by Crippen LogP contribution is 2.03. The molecule has 0 aromatic carbocycles. The van der Waals surface area contributed by atoms with Crippen LogP contribution in [0.4, 0.5) is 0 Å². The minimum absolute atomic E-state index is 0.164. The molecule has 0 fully saturated rings. The van der Waals surface area contributed by atoms with E-state index >= 15 is 0 Å². The van der Waals surface area contributed by atoms with E-state index in [9.17, 15) is 4.79 Å². The molecule has 0 N–H and O–H groups in total. The maximum Gasteiger partial charge on any atom is 0.305 e. The van der Waals surface area contributed by atoms with Gasteiger partial charge in [-0.2, -0.15) is 0 Å². The van der Waals surface area contributed by atoms with E-state index in [1.165, 1.54) is 7.11 Å². The van der Waals surface area contributed by atoms with Crippen LogP contribution in [-0.4, -0.2) is 19.1 Å². The first-order chi connectivity index (χ1) is 5.24. The first-order valence-electron chi connectivity index (χ1n) is 3.35. The van der Waals surface area contributed by atoms with E-state index in [0.717, 1.165) is 0 Å². The number of esters is 1. The van der Waals surface area contributed by atoms with Crippen molar-refractivity contribution in [3.8, 4) is 0 Å². The van der Waals surface area contributed by atoms with Gasteiger partial charge in [0, 0.05) is 11.0 Å². The quantitative estimate of drug-likeness (QED) is 0.269. The van der Waals surface area contributed by atoms with E-state index in [2.05, 4.69) is 14.8 Å². The normalized spacial score (nSPS) is 11.5. The second-order valence-electron chi connectivity index (χ2n) is 2.05. The first kappa shape index (κ1) is 9.78. The maximum atomic E-state index is 10.7. The van der Waals surface area contributed by atoms with Crippen LogP contribution in [0.1, 0.15) is 19.8 Å². The van der Waals surface area contributed by atoms with Crippen molar-refractivity contribution in [3.05, 3.63) is 10.4 Å². The van der Waals surface area contributed by atoms with Crippen LogP contribution in [0.25, 0.3) is 10.4 Å². The van der Waals surface area contributed by atoms with Crippen LogP contribution in [0, 0.1) is 0 Å². The van der Waals surface area contributed by atoms with Crippen molar-refractivity contribution in [2.45, 2.75) is 25.8 Å². The van der Waals surface area contributed by atoms with Gasteiger partial charge in [0.1, 0.15) is 0 Å². The molecule has 0 aromatic heterocycles. The summed E-state index contributed by atoms with van der Waals surface area (Å²) < 4.78 is 4.41. The van der Waals surface area contributed by atoms with Crippen molar-refractivity contribution in [1.29, 1.82) is 0 Å². The van der Waals surface area contributed by atoms with E-state index < -0.39 is 0 Å². The van der Waals surface area contributed by atoms with Crippen molar-refractivity contribution in [2.24, 2.45) is 5.11 Å². The summed E-state index contributed by atoms with van der Waals surface area (Å²) in [5, 5.41) is 3.41. The molecule has 62 valence electrons. The van der Waals surface area contributed by atoms with Gasteiger partial charge in [-0.1, -0.05) is 12.0 Å². The van der Waals surface area contributed by atoms with Crippen LogP contribution in [0.2, 0.25) is 0 Å². The van der Waals surface area contributed by atoms with Crippen LogP contribution in [-0.2, 0) is 9.53 Å². The van der Waals surface area contributed by atoms with Crippen molar-refractivity contribution in [3.63, 3.8) is 0 Å². The van der Waals surface area contributed by atoms with Crippen LogP contribution in [0.3, 0.4) is 0 Å². The van der Waals surface area contributed by atoms with E-state index in [4.69, 9.17) is 5.53 Å². The Bertz CT molecular complexity index is 175. The average molecular weight is 157 g/mol. The molecule has 11 heavy (non-hydrogen) atoms. The molecule has 1 atom stereocenters. The molecule has 0 aromatic rings. The zero-order chi connectivity index (χ0) is 8.69. The molecule has 0 aliphatic rings. The van der Waals surface area contributed by atoms with Gasteiger partial charge in [0.05, 0.1) is 13.5 Å². The number of carbonyl (C=O) groups excluding carboxylic acids is 1. The molecule has 0 aliphatic heterocycles. The Labute approximate surface area is 65.0 Å². The highest BCUT2D eigenvalue weighted by Gasteiger charge is 2.09. The standard InChI is InChI=1S/C6H11N3O2/c1-3-5(8-9-7)4-6(10)11-2/h5H,3-4H2,1-2H3/t5-/m0/s1. The van der Waals surface area contributed by atoms with Gasteiger partial charge in [-0.15, -0.1) is 0 Å². The fourth-order valence-electron chi connectivity index (χ4n) is 0.616. The monoisotopic (exact) mass is 157 g/mol. The Morgan fingerprint density at radius 1 is 1.82 bits per heavy atom. The van der Waals surface area contributed by atoms with Crippen molar-refractivity contribution < 1.29 is 9.53 Å². The summed E-state index contributed by atoms with van der Waals surface area (Å²) in [6, 6.07) is -0.271. The number of hydrogen-bond acceptors (Lipinski definition) is 3. The largest absolute Gasteiger partial charge is 0.469 e. The lowest BCUT2D eigenvalue weighted by Gasteiger charge is -2.04. The second-order valence-corrected chi connectivity index (χ2v) is 2.05. The van der Waals surface area contributed by atoms with Gasteiger partial charge >= 0.3 is 5.97 Å². The van der Waals surface area contributed by atoms with E-state index in [0.29, 0.717) is 6.42 Å². The summed E-state index contributed by atoms with van der Waals surface area (Å²) >= 11 is 0. The summed E-state index contributed by atoms with van der Waals surface area (Å²) in [7, 11) is 1.31. The van der Waals surface area contributed by atoms with Gasteiger partial charge in [-0.05, 0) is 12.0 Å². The van der Waals surface area contributed by atoms with Gasteiger partial charge in [0.25, 0.3) is 0 Å². The molecule has 0 spiro atoms. The third kappa shape index (κ3) is 4.22. The van der Waals surface area contributed by atoms with Crippen molar-refractivity contribution in [2.75, 3.05) is 7.11 Å². The molecule has 0 amide bonds. The smallest absolute Gasteiger partial charge is 0.305 e. The van der Waals surface area contributed by atoms with E-state index in [-0.39, 0.29) is 18.4 Å². The Kier molecular flexibility index (Phi) is 4.94. The van der Waals surface area contributed by atoms with Crippen LogP contribution in [0.15, 0.2) is 5.11 Å². The predicted octanol–water partition coefficient (Wildman–Crippen LogP) is 1.64. The lowest BCUT2D eigenvalue weighted by atomic mass is 10.2. The van der Waals surface area contributed by atoms with Gasteiger partial charge in [0.2, 0.25) is 0 Å². The van der Waals surface area contributed by atoms with Crippen LogP contribution in [0.5, 0.6) is 0 Å². The summed E-state index contributed by atoms with van der Waals surface area (Å²) in [6.07, 6.45) is 0.816. The van der Waals surface area contributed by atoms with Crippen molar-refractivity contribution >= 4 is 5.97 Å². The Balaban J connectivity index is 3.87. The van der Waals surface area contributed by atoms with Gasteiger partial charge < -0.3 is 4.74 Å². The molecule has 0 aliphatic carbocycles. The number of ether oxygens (including phenoxy) is 1. The van der Waals surface area contributed by atoms with Crippen LogP contribution >= 0.6 is 0 Å². The van der Waals surface area contributed by atoms with Gasteiger partial charge in [-0.25, -0.2) is 0 Å². The maximum absolute atomic E-state index is 10.7. The molecule has 0 rings (SSSR count). The third-order valence-corrected chi connectivity index (χ3v) is 1.32. The number of methoxy groups -OCH3 is 1.